The summed E-state index contributed by atoms with van der Waals surface area (Å²) in [4.78, 5) is 0. The molecule has 0 bridgehead atoms. The molecular formula is C10H11Cl2N5OS. The fourth-order valence-electron chi connectivity index (χ4n) is 1.58. The molecule has 0 aliphatic rings. The van der Waals surface area contributed by atoms with Gasteiger partial charge < -0.3 is 16.3 Å². The summed E-state index contributed by atoms with van der Waals surface area (Å²) in [6.45, 7) is 0.615. The van der Waals surface area contributed by atoms with Crippen LogP contribution in [0.25, 0.3) is 11.0 Å². The van der Waals surface area contributed by atoms with Crippen molar-refractivity contribution in [3.05, 3.63) is 16.1 Å². The normalized spacial score (nSPS) is 12.0. The molecule has 0 spiro atoms. The van der Waals surface area contributed by atoms with Crippen molar-refractivity contribution in [2.75, 3.05) is 11.9 Å². The van der Waals surface area contributed by atoms with Crippen molar-refractivity contribution in [1.82, 2.24) is 8.75 Å². The predicted octanol–water partition coefficient (Wildman–Crippen LogP) is 2.94. The van der Waals surface area contributed by atoms with Gasteiger partial charge in [0.25, 0.3) is 0 Å². The van der Waals surface area contributed by atoms with Crippen LogP contribution in [0, 0.1) is 0 Å². The molecule has 1 heterocycles. The first-order valence-electron chi connectivity index (χ1n) is 5.44. The van der Waals surface area contributed by atoms with Crippen LogP contribution in [0.3, 0.4) is 0 Å². The van der Waals surface area contributed by atoms with E-state index in [0.717, 1.165) is 11.7 Å². The van der Waals surface area contributed by atoms with Gasteiger partial charge in [0, 0.05) is 13.0 Å². The maximum absolute atomic E-state index is 8.43. The van der Waals surface area contributed by atoms with Crippen molar-refractivity contribution < 1.29 is 5.21 Å². The van der Waals surface area contributed by atoms with Crippen LogP contribution in [0.1, 0.15) is 12.8 Å². The van der Waals surface area contributed by atoms with Gasteiger partial charge in [-0.1, -0.05) is 28.4 Å². The molecule has 0 amide bonds. The zero-order valence-corrected chi connectivity index (χ0v) is 12.1. The molecule has 102 valence electrons. The fraction of sp³-hybridized carbons (Fsp3) is 0.300. The molecule has 0 unspecified atom stereocenters. The summed E-state index contributed by atoms with van der Waals surface area (Å²) in [6, 6.07) is 1.64. The number of rotatable bonds is 5. The number of nitrogens with one attached hydrogen (secondary N) is 1. The summed E-state index contributed by atoms with van der Waals surface area (Å²) in [6.07, 6.45) is 1.20. The minimum Gasteiger partial charge on any atom is -0.409 e. The van der Waals surface area contributed by atoms with Crippen LogP contribution in [0.2, 0.25) is 10.0 Å². The lowest BCUT2D eigenvalue weighted by molar-refractivity contribution is 0.316. The van der Waals surface area contributed by atoms with E-state index in [1.54, 1.807) is 6.07 Å². The van der Waals surface area contributed by atoms with E-state index in [2.05, 4.69) is 19.2 Å². The summed E-state index contributed by atoms with van der Waals surface area (Å²) in [5, 5.41) is 15.5. The topological polar surface area (TPSA) is 96.4 Å². The first-order chi connectivity index (χ1) is 9.13. The Kier molecular flexibility index (Phi) is 4.62. The van der Waals surface area contributed by atoms with E-state index in [1.165, 1.54) is 0 Å². The molecule has 4 N–H and O–H groups in total. The Morgan fingerprint density at radius 2 is 2.11 bits per heavy atom. The highest BCUT2D eigenvalue weighted by atomic mass is 35.5. The summed E-state index contributed by atoms with van der Waals surface area (Å²) in [5.41, 5.74) is 7.38. The molecule has 2 rings (SSSR count). The molecule has 1 aromatic heterocycles. The van der Waals surface area contributed by atoms with Gasteiger partial charge in [0.1, 0.15) is 16.9 Å². The predicted molar refractivity (Wildman–Crippen MR) is 78.6 cm³/mol. The average Bonchev–Trinajstić information content (AvgIpc) is 2.86. The number of hydrogen-bond acceptors (Lipinski definition) is 6. The highest BCUT2D eigenvalue weighted by Gasteiger charge is 2.13. The van der Waals surface area contributed by atoms with Crippen molar-refractivity contribution in [2.24, 2.45) is 10.9 Å². The molecule has 9 heteroatoms. The van der Waals surface area contributed by atoms with Gasteiger partial charge in [-0.3, -0.25) is 0 Å². The Bertz CT molecular complexity index is 615. The second-order valence-corrected chi connectivity index (χ2v) is 5.14. The summed E-state index contributed by atoms with van der Waals surface area (Å²) >= 11 is 13.2. The van der Waals surface area contributed by atoms with Gasteiger partial charge in [0.15, 0.2) is 0 Å². The molecule has 0 radical (unpaired) electrons. The smallest absolute Gasteiger partial charge is 0.139 e. The minimum atomic E-state index is 0.199. The quantitative estimate of drug-likeness (QED) is 0.259. The number of hydrogen-bond donors (Lipinski definition) is 3. The van der Waals surface area contributed by atoms with Crippen molar-refractivity contribution in [1.29, 1.82) is 0 Å². The van der Waals surface area contributed by atoms with E-state index in [4.69, 9.17) is 34.1 Å². The van der Waals surface area contributed by atoms with Crippen LogP contribution in [0.4, 0.5) is 5.69 Å². The van der Waals surface area contributed by atoms with Gasteiger partial charge in [-0.15, -0.1) is 0 Å². The van der Waals surface area contributed by atoms with Crippen LogP contribution in [0.15, 0.2) is 11.2 Å². The molecule has 6 nitrogen and oxygen atoms in total. The van der Waals surface area contributed by atoms with Crippen molar-refractivity contribution in [3.8, 4) is 0 Å². The Balaban J connectivity index is 2.10. The molecule has 0 fully saturated rings. The molecule has 0 saturated carbocycles. The van der Waals surface area contributed by atoms with Crippen LogP contribution in [0.5, 0.6) is 0 Å². The third-order valence-corrected chi connectivity index (χ3v) is 3.60. The third-order valence-electron chi connectivity index (χ3n) is 2.48. The Hall–Kier alpha value is -1.31. The van der Waals surface area contributed by atoms with E-state index in [-0.39, 0.29) is 5.84 Å². The lowest BCUT2D eigenvalue weighted by Crippen LogP contribution is -2.13. The van der Waals surface area contributed by atoms with Gasteiger partial charge in [-0.05, 0) is 12.5 Å². The van der Waals surface area contributed by atoms with Gasteiger partial charge >= 0.3 is 0 Å². The number of halogens is 2. The summed E-state index contributed by atoms with van der Waals surface area (Å²) < 4.78 is 8.30. The number of amidine groups is 1. The molecule has 19 heavy (non-hydrogen) atoms. The molecule has 0 atom stereocenters. The SMILES string of the molecule is NC(CCCNc1c(Cl)cc(Cl)c2nsnc12)=NO. The molecule has 0 saturated heterocycles. The molecular weight excluding hydrogens is 309 g/mol. The number of benzene rings is 1. The molecule has 1 aromatic carbocycles. The zero-order chi connectivity index (χ0) is 13.8. The Labute approximate surface area is 123 Å². The van der Waals surface area contributed by atoms with Gasteiger partial charge in [0.05, 0.1) is 27.5 Å². The maximum atomic E-state index is 8.43. The molecule has 0 aliphatic carbocycles. The van der Waals surface area contributed by atoms with Gasteiger partial charge in [0.2, 0.25) is 0 Å². The maximum Gasteiger partial charge on any atom is 0.139 e. The van der Waals surface area contributed by atoms with Gasteiger partial charge in [-0.2, -0.15) is 8.75 Å². The van der Waals surface area contributed by atoms with Crippen molar-refractivity contribution in [2.45, 2.75) is 12.8 Å². The van der Waals surface area contributed by atoms with Crippen molar-refractivity contribution in [3.63, 3.8) is 0 Å². The number of fused-ring (bicyclic) bond motifs is 1. The average molecular weight is 320 g/mol. The minimum absolute atomic E-state index is 0.199. The van der Waals surface area contributed by atoms with Crippen LogP contribution in [-0.4, -0.2) is 26.3 Å². The first kappa shape index (κ1) is 14.1. The number of oxime groups is 1. The lowest BCUT2D eigenvalue weighted by Gasteiger charge is -2.09. The standard InChI is InChI=1S/C10H11Cl2N5OS/c11-5-4-6(12)9-10(17-19-16-9)8(5)14-3-1-2-7(13)15-18/h4,14,18H,1-3H2,(H2,13,15). The molecule has 0 aliphatic heterocycles. The second kappa shape index (κ2) is 6.23. The van der Waals surface area contributed by atoms with E-state index in [0.29, 0.717) is 46.2 Å². The largest absolute Gasteiger partial charge is 0.409 e. The lowest BCUT2D eigenvalue weighted by atomic mass is 10.2. The van der Waals surface area contributed by atoms with Gasteiger partial charge in [-0.25, -0.2) is 0 Å². The number of nitrogens with zero attached hydrogens (tertiary/aromatic N) is 3. The van der Waals surface area contributed by atoms with Crippen LogP contribution < -0.4 is 11.1 Å². The van der Waals surface area contributed by atoms with E-state index >= 15 is 0 Å². The highest BCUT2D eigenvalue weighted by molar-refractivity contribution is 7.00. The summed E-state index contributed by atoms with van der Waals surface area (Å²) in [5.74, 6) is 0.199. The monoisotopic (exact) mass is 319 g/mol. The van der Waals surface area contributed by atoms with E-state index in [1.807, 2.05) is 0 Å². The Morgan fingerprint density at radius 1 is 1.37 bits per heavy atom. The zero-order valence-electron chi connectivity index (χ0n) is 9.73. The second-order valence-electron chi connectivity index (χ2n) is 3.80. The van der Waals surface area contributed by atoms with E-state index < -0.39 is 0 Å². The van der Waals surface area contributed by atoms with Crippen LogP contribution >= 0.6 is 34.9 Å². The fourth-order valence-corrected chi connectivity index (χ4v) is 2.75. The highest BCUT2D eigenvalue weighted by Crippen LogP contribution is 2.35. The third kappa shape index (κ3) is 3.17. The first-order valence-corrected chi connectivity index (χ1v) is 6.92. The Morgan fingerprint density at radius 3 is 2.84 bits per heavy atom. The van der Waals surface area contributed by atoms with Crippen molar-refractivity contribution >= 4 is 57.5 Å². The molecule has 2 aromatic rings. The van der Waals surface area contributed by atoms with Crippen LogP contribution in [-0.2, 0) is 0 Å². The number of anilines is 1. The number of aromatic nitrogens is 2. The number of nitrogens with two attached hydrogens (primary N) is 1. The summed E-state index contributed by atoms with van der Waals surface area (Å²) in [7, 11) is 0. The van der Waals surface area contributed by atoms with E-state index in [9.17, 15) is 0 Å².